The highest BCUT2D eigenvalue weighted by Gasteiger charge is 2.32. The van der Waals surface area contributed by atoms with Crippen LogP contribution in [0, 0.1) is 5.92 Å². The van der Waals surface area contributed by atoms with E-state index in [0.717, 1.165) is 19.4 Å². The molecule has 1 aromatic carbocycles. The van der Waals surface area contributed by atoms with Gasteiger partial charge < -0.3 is 4.90 Å². The van der Waals surface area contributed by atoms with E-state index < -0.39 is 0 Å². The van der Waals surface area contributed by atoms with Crippen LogP contribution >= 0.6 is 0 Å². The van der Waals surface area contributed by atoms with Crippen molar-refractivity contribution < 1.29 is 4.79 Å². The average molecular weight is 299 g/mol. The van der Waals surface area contributed by atoms with Crippen LogP contribution in [0.1, 0.15) is 37.4 Å². The first-order valence-corrected chi connectivity index (χ1v) is 7.78. The van der Waals surface area contributed by atoms with Crippen LogP contribution in [0.3, 0.4) is 0 Å². The molecule has 1 aliphatic rings. The Bertz CT molecular complexity index is 640. The van der Waals surface area contributed by atoms with Gasteiger partial charge in [-0.3, -0.25) is 4.79 Å². The van der Waals surface area contributed by atoms with Gasteiger partial charge in [-0.05, 0) is 33.9 Å². The fourth-order valence-electron chi connectivity index (χ4n) is 3.01. The predicted molar refractivity (Wildman–Crippen MR) is 81.9 cm³/mol. The molecule has 6 nitrogen and oxygen atoms in total. The fourth-order valence-corrected chi connectivity index (χ4v) is 3.01. The molecule has 1 aliphatic heterocycles. The number of hydrogen-bond donors (Lipinski definition) is 0. The van der Waals surface area contributed by atoms with Crippen molar-refractivity contribution in [1.29, 1.82) is 0 Å². The highest BCUT2D eigenvalue weighted by atomic mass is 16.2. The molecule has 1 aromatic heterocycles. The molecule has 0 N–H and O–H groups in total. The van der Waals surface area contributed by atoms with Crippen molar-refractivity contribution in [3.63, 3.8) is 0 Å². The van der Waals surface area contributed by atoms with E-state index >= 15 is 0 Å². The molecule has 0 unspecified atom stereocenters. The molecule has 0 spiro atoms. The van der Waals surface area contributed by atoms with Crippen molar-refractivity contribution >= 4 is 5.91 Å². The Morgan fingerprint density at radius 1 is 1.32 bits per heavy atom. The number of nitrogens with zero attached hydrogens (tertiary/aromatic N) is 5. The lowest BCUT2D eigenvalue weighted by atomic mass is 9.95. The second-order valence-electron chi connectivity index (χ2n) is 5.90. The van der Waals surface area contributed by atoms with Crippen LogP contribution in [0.25, 0.3) is 0 Å². The lowest BCUT2D eigenvalue weighted by molar-refractivity contribution is -0.137. The first kappa shape index (κ1) is 14.7. The van der Waals surface area contributed by atoms with Gasteiger partial charge in [0.1, 0.15) is 12.4 Å². The molecule has 3 rings (SSSR count). The van der Waals surface area contributed by atoms with E-state index in [1.54, 1.807) is 4.68 Å². The summed E-state index contributed by atoms with van der Waals surface area (Å²) in [7, 11) is 0. The van der Waals surface area contributed by atoms with Gasteiger partial charge in [-0.15, -0.1) is 5.10 Å². The van der Waals surface area contributed by atoms with Crippen molar-refractivity contribution in [2.24, 2.45) is 5.92 Å². The van der Waals surface area contributed by atoms with E-state index in [1.165, 1.54) is 17.5 Å². The van der Waals surface area contributed by atoms with Crippen LogP contribution in [0.4, 0.5) is 0 Å². The number of hydrogen-bond acceptors (Lipinski definition) is 4. The Hall–Kier alpha value is -2.24. The molecule has 2 heterocycles. The van der Waals surface area contributed by atoms with Gasteiger partial charge >= 0.3 is 0 Å². The zero-order valence-corrected chi connectivity index (χ0v) is 13.0. The quantitative estimate of drug-likeness (QED) is 0.864. The molecular weight excluding hydrogens is 278 g/mol. The van der Waals surface area contributed by atoms with Crippen LogP contribution in [0.2, 0.25) is 0 Å². The smallest absolute Gasteiger partial charge is 0.248 e. The van der Waals surface area contributed by atoms with Gasteiger partial charge in [-0.2, -0.15) is 0 Å². The molecule has 0 saturated heterocycles. The molecule has 0 saturated carbocycles. The summed E-state index contributed by atoms with van der Waals surface area (Å²) >= 11 is 0. The fraction of sp³-hybridized carbons (Fsp3) is 0.500. The van der Waals surface area contributed by atoms with Gasteiger partial charge in [0.25, 0.3) is 0 Å². The topological polar surface area (TPSA) is 63.9 Å². The monoisotopic (exact) mass is 299 g/mol. The van der Waals surface area contributed by atoms with E-state index in [1.807, 2.05) is 11.0 Å². The van der Waals surface area contributed by atoms with Crippen LogP contribution in [-0.4, -0.2) is 37.6 Å². The Labute approximate surface area is 130 Å². The minimum absolute atomic E-state index is 0.108. The van der Waals surface area contributed by atoms with E-state index in [4.69, 9.17) is 0 Å². The molecule has 22 heavy (non-hydrogen) atoms. The summed E-state index contributed by atoms with van der Waals surface area (Å²) < 4.78 is 1.59. The average Bonchev–Trinajstić information content (AvgIpc) is 3.08. The van der Waals surface area contributed by atoms with Crippen LogP contribution in [0.5, 0.6) is 0 Å². The van der Waals surface area contributed by atoms with Crippen LogP contribution in [-0.2, 0) is 17.8 Å². The maximum atomic E-state index is 13.0. The number of rotatable bonds is 4. The Morgan fingerprint density at radius 2 is 2.09 bits per heavy atom. The Morgan fingerprint density at radius 3 is 2.77 bits per heavy atom. The van der Waals surface area contributed by atoms with Crippen LogP contribution < -0.4 is 0 Å². The highest BCUT2D eigenvalue weighted by molar-refractivity contribution is 5.81. The SMILES string of the molecule is CC[C@H](C)[C@@H](C(=O)N1CCc2ccccc2C1)n1cnnn1. The summed E-state index contributed by atoms with van der Waals surface area (Å²) in [6.45, 7) is 5.58. The number of amides is 1. The third-order valence-corrected chi connectivity index (χ3v) is 4.53. The first-order valence-electron chi connectivity index (χ1n) is 7.78. The normalized spacial score (nSPS) is 16.9. The lowest BCUT2D eigenvalue weighted by Crippen LogP contribution is -2.42. The summed E-state index contributed by atoms with van der Waals surface area (Å²) in [6, 6.07) is 8.00. The summed E-state index contributed by atoms with van der Waals surface area (Å²) in [6.07, 6.45) is 3.35. The lowest BCUT2D eigenvalue weighted by Gasteiger charge is -2.33. The Kier molecular flexibility index (Phi) is 4.18. The molecular formula is C16H21N5O. The van der Waals surface area contributed by atoms with E-state index in [9.17, 15) is 4.79 Å². The third kappa shape index (κ3) is 2.73. The minimum Gasteiger partial charge on any atom is -0.336 e. The molecule has 2 aromatic rings. The second-order valence-corrected chi connectivity index (χ2v) is 5.90. The molecule has 2 atom stereocenters. The molecule has 0 bridgehead atoms. The number of carbonyl (C=O) groups is 1. The number of fused-ring (bicyclic) bond motifs is 1. The van der Waals surface area contributed by atoms with Gasteiger partial charge in [0, 0.05) is 13.1 Å². The van der Waals surface area contributed by atoms with Crippen molar-refractivity contribution in [3.05, 3.63) is 41.7 Å². The predicted octanol–water partition coefficient (Wildman–Crippen LogP) is 1.85. The summed E-state index contributed by atoms with van der Waals surface area (Å²) in [5.41, 5.74) is 2.58. The molecule has 6 heteroatoms. The van der Waals surface area contributed by atoms with Gasteiger partial charge in [-0.25, -0.2) is 4.68 Å². The maximum Gasteiger partial charge on any atom is 0.248 e. The zero-order valence-electron chi connectivity index (χ0n) is 13.0. The van der Waals surface area contributed by atoms with E-state index in [-0.39, 0.29) is 17.9 Å². The zero-order chi connectivity index (χ0) is 15.5. The molecule has 0 fully saturated rings. The van der Waals surface area contributed by atoms with Crippen LogP contribution in [0.15, 0.2) is 30.6 Å². The van der Waals surface area contributed by atoms with Crippen molar-refractivity contribution in [2.75, 3.05) is 6.54 Å². The largest absolute Gasteiger partial charge is 0.336 e. The van der Waals surface area contributed by atoms with Gasteiger partial charge in [0.05, 0.1) is 0 Å². The summed E-state index contributed by atoms with van der Waals surface area (Å²) in [5.74, 6) is 0.296. The second kappa shape index (κ2) is 6.25. The van der Waals surface area contributed by atoms with E-state index in [2.05, 4.69) is 47.6 Å². The first-order chi connectivity index (χ1) is 10.7. The third-order valence-electron chi connectivity index (χ3n) is 4.53. The van der Waals surface area contributed by atoms with Crippen molar-refractivity contribution in [2.45, 2.75) is 39.3 Å². The summed E-state index contributed by atoms with van der Waals surface area (Å²) in [5, 5.41) is 11.3. The highest BCUT2D eigenvalue weighted by Crippen LogP contribution is 2.26. The number of aromatic nitrogens is 4. The standard InChI is InChI=1S/C16H21N5O/c1-3-12(2)15(21-11-17-18-19-21)16(22)20-9-8-13-6-4-5-7-14(13)10-20/h4-7,11-12,15H,3,8-10H2,1-2H3/t12-,15-/m0/s1. The number of tetrazole rings is 1. The van der Waals surface area contributed by atoms with Gasteiger partial charge in [-0.1, -0.05) is 44.5 Å². The van der Waals surface area contributed by atoms with E-state index in [0.29, 0.717) is 6.54 Å². The Balaban J connectivity index is 1.83. The molecule has 0 aliphatic carbocycles. The maximum absolute atomic E-state index is 13.0. The summed E-state index contributed by atoms with van der Waals surface area (Å²) in [4.78, 5) is 14.9. The number of benzene rings is 1. The van der Waals surface area contributed by atoms with Crippen molar-refractivity contribution in [1.82, 2.24) is 25.1 Å². The van der Waals surface area contributed by atoms with Crippen molar-refractivity contribution in [3.8, 4) is 0 Å². The molecule has 116 valence electrons. The molecule has 1 amide bonds. The number of carbonyl (C=O) groups excluding carboxylic acids is 1. The molecule has 0 radical (unpaired) electrons. The van der Waals surface area contributed by atoms with Gasteiger partial charge in [0.15, 0.2) is 0 Å². The van der Waals surface area contributed by atoms with Gasteiger partial charge in [0.2, 0.25) is 5.91 Å². The minimum atomic E-state index is -0.328.